The molecule has 0 atom stereocenters. The predicted octanol–water partition coefficient (Wildman–Crippen LogP) is 2.69. The van der Waals surface area contributed by atoms with Crippen molar-refractivity contribution >= 4 is 21.6 Å². The lowest BCUT2D eigenvalue weighted by molar-refractivity contribution is 0.622. The molecule has 1 aromatic heterocycles. The van der Waals surface area contributed by atoms with Gasteiger partial charge in [-0.15, -0.1) is 0 Å². The molecule has 2 rings (SSSR count). The lowest BCUT2D eigenvalue weighted by Gasteiger charge is -2.10. The Morgan fingerprint density at radius 1 is 1.39 bits per heavy atom. The summed E-state index contributed by atoms with van der Waals surface area (Å²) < 4.78 is 15.4. The molecule has 1 heterocycles. The molecule has 0 radical (unpaired) electrons. The number of anilines is 1. The van der Waals surface area contributed by atoms with Gasteiger partial charge in [0.05, 0.1) is 12.2 Å². The van der Waals surface area contributed by atoms with Gasteiger partial charge in [0.1, 0.15) is 5.82 Å². The highest BCUT2D eigenvalue weighted by Gasteiger charge is 2.06. The van der Waals surface area contributed by atoms with E-state index in [0.29, 0.717) is 11.3 Å². The van der Waals surface area contributed by atoms with E-state index in [4.69, 9.17) is 5.73 Å². The number of nitrogens with two attached hydrogens (primary N) is 1. The van der Waals surface area contributed by atoms with Gasteiger partial charge in [0, 0.05) is 16.7 Å². The number of aromatic nitrogens is 1. The molecule has 2 aromatic rings. The van der Waals surface area contributed by atoms with Gasteiger partial charge in [-0.05, 0) is 36.2 Å². The molecule has 0 unspecified atom stereocenters. The minimum Gasteiger partial charge on any atom is -0.397 e. The van der Waals surface area contributed by atoms with Gasteiger partial charge < -0.3 is 10.3 Å². The number of aryl methyl sites for hydroxylation is 1. The third-order valence-electron chi connectivity index (χ3n) is 2.72. The van der Waals surface area contributed by atoms with E-state index in [0.717, 1.165) is 10.0 Å². The Kier molecular flexibility index (Phi) is 3.52. The van der Waals surface area contributed by atoms with Crippen LogP contribution in [0.1, 0.15) is 11.1 Å². The second-order valence-corrected chi connectivity index (χ2v) is 4.97. The van der Waals surface area contributed by atoms with Gasteiger partial charge in [0.15, 0.2) is 0 Å². The van der Waals surface area contributed by atoms with Crippen molar-refractivity contribution in [3.05, 3.63) is 62.2 Å². The van der Waals surface area contributed by atoms with Crippen LogP contribution in [-0.4, -0.2) is 4.57 Å². The highest BCUT2D eigenvalue weighted by Crippen LogP contribution is 2.19. The van der Waals surface area contributed by atoms with Gasteiger partial charge in [-0.3, -0.25) is 4.79 Å². The van der Waals surface area contributed by atoms with E-state index in [2.05, 4.69) is 15.9 Å². The first-order chi connectivity index (χ1) is 8.47. The summed E-state index contributed by atoms with van der Waals surface area (Å²) in [5, 5.41) is 0. The molecule has 94 valence electrons. The van der Waals surface area contributed by atoms with Crippen molar-refractivity contribution in [1.29, 1.82) is 0 Å². The van der Waals surface area contributed by atoms with Gasteiger partial charge in [0.2, 0.25) is 0 Å². The summed E-state index contributed by atoms with van der Waals surface area (Å²) in [6.45, 7) is 2.06. The van der Waals surface area contributed by atoms with E-state index in [9.17, 15) is 9.18 Å². The predicted molar refractivity (Wildman–Crippen MR) is 73.1 cm³/mol. The van der Waals surface area contributed by atoms with Crippen LogP contribution in [-0.2, 0) is 6.54 Å². The molecule has 0 spiro atoms. The van der Waals surface area contributed by atoms with Crippen molar-refractivity contribution in [2.24, 2.45) is 0 Å². The molecular weight excluding hydrogens is 299 g/mol. The van der Waals surface area contributed by atoms with Crippen molar-refractivity contribution in [2.45, 2.75) is 13.5 Å². The van der Waals surface area contributed by atoms with Crippen molar-refractivity contribution in [3.63, 3.8) is 0 Å². The highest BCUT2D eigenvalue weighted by atomic mass is 79.9. The molecule has 0 aliphatic heterocycles. The number of halogens is 2. The largest absolute Gasteiger partial charge is 0.397 e. The molecule has 1 aromatic carbocycles. The first kappa shape index (κ1) is 12.8. The van der Waals surface area contributed by atoms with Crippen LogP contribution in [0.5, 0.6) is 0 Å². The van der Waals surface area contributed by atoms with Crippen LogP contribution < -0.4 is 11.3 Å². The summed E-state index contributed by atoms with van der Waals surface area (Å²) in [5.74, 6) is -0.332. The third kappa shape index (κ3) is 2.61. The molecule has 2 N–H and O–H groups in total. The van der Waals surface area contributed by atoms with Crippen LogP contribution >= 0.6 is 15.9 Å². The van der Waals surface area contributed by atoms with E-state index >= 15 is 0 Å². The molecule has 0 amide bonds. The van der Waals surface area contributed by atoms with Gasteiger partial charge in [-0.2, -0.15) is 0 Å². The molecule has 0 saturated carbocycles. The van der Waals surface area contributed by atoms with Crippen LogP contribution in [0.4, 0.5) is 10.1 Å². The first-order valence-electron chi connectivity index (χ1n) is 5.38. The summed E-state index contributed by atoms with van der Waals surface area (Å²) in [7, 11) is 0. The van der Waals surface area contributed by atoms with Gasteiger partial charge >= 0.3 is 0 Å². The van der Waals surface area contributed by atoms with Crippen molar-refractivity contribution in [1.82, 2.24) is 4.57 Å². The zero-order valence-electron chi connectivity index (χ0n) is 9.78. The maximum absolute atomic E-state index is 13.2. The average molecular weight is 311 g/mol. The van der Waals surface area contributed by atoms with Crippen LogP contribution in [0, 0.1) is 12.7 Å². The Morgan fingerprint density at radius 3 is 2.83 bits per heavy atom. The minimum absolute atomic E-state index is 0.155. The van der Waals surface area contributed by atoms with Crippen molar-refractivity contribution < 1.29 is 4.39 Å². The second kappa shape index (κ2) is 4.94. The lowest BCUT2D eigenvalue weighted by Crippen LogP contribution is -2.21. The molecule has 0 bridgehead atoms. The Morgan fingerprint density at radius 2 is 2.11 bits per heavy atom. The third-order valence-corrected chi connectivity index (χ3v) is 3.50. The Bertz CT molecular complexity index is 652. The molecule has 0 aliphatic rings. The maximum Gasteiger partial charge on any atom is 0.251 e. The zero-order valence-corrected chi connectivity index (χ0v) is 11.4. The molecule has 0 saturated heterocycles. The van der Waals surface area contributed by atoms with Gasteiger partial charge in [0.25, 0.3) is 5.56 Å². The number of hydrogen-bond acceptors (Lipinski definition) is 2. The fraction of sp³-hybridized carbons (Fsp3) is 0.154. The SMILES string of the molecule is Cc1cc(=O)n(Cc2cc(F)ccc2Br)cc1N. The van der Waals surface area contributed by atoms with Crippen molar-refractivity contribution in [3.8, 4) is 0 Å². The van der Waals surface area contributed by atoms with Crippen LogP contribution in [0.25, 0.3) is 0 Å². The zero-order chi connectivity index (χ0) is 13.3. The summed E-state index contributed by atoms with van der Waals surface area (Å²) >= 11 is 3.33. The Hall–Kier alpha value is -1.62. The Balaban J connectivity index is 2.43. The number of hydrogen-bond donors (Lipinski definition) is 1. The molecular formula is C13H12BrFN2O. The number of rotatable bonds is 2. The van der Waals surface area contributed by atoms with Crippen LogP contribution in [0.15, 0.2) is 39.7 Å². The molecule has 3 nitrogen and oxygen atoms in total. The second-order valence-electron chi connectivity index (χ2n) is 4.11. The Labute approximate surface area is 112 Å². The quantitative estimate of drug-likeness (QED) is 0.927. The smallest absolute Gasteiger partial charge is 0.251 e. The normalized spacial score (nSPS) is 10.6. The van der Waals surface area contributed by atoms with E-state index in [1.165, 1.54) is 22.8 Å². The number of benzene rings is 1. The van der Waals surface area contributed by atoms with Gasteiger partial charge in [-0.1, -0.05) is 15.9 Å². The standard InChI is InChI=1S/C13H12BrFN2O/c1-8-4-13(18)17(7-12(8)16)6-9-5-10(15)2-3-11(9)14/h2-5,7H,6,16H2,1H3. The molecule has 5 heteroatoms. The van der Waals surface area contributed by atoms with Gasteiger partial charge in [-0.25, -0.2) is 4.39 Å². The molecule has 0 fully saturated rings. The van der Waals surface area contributed by atoms with Crippen LogP contribution in [0.3, 0.4) is 0 Å². The summed E-state index contributed by atoms with van der Waals surface area (Å²) in [6, 6.07) is 5.85. The van der Waals surface area contributed by atoms with E-state index < -0.39 is 0 Å². The van der Waals surface area contributed by atoms with E-state index in [1.54, 1.807) is 19.2 Å². The number of pyridine rings is 1. The van der Waals surface area contributed by atoms with Crippen LogP contribution in [0.2, 0.25) is 0 Å². The summed E-state index contributed by atoms with van der Waals surface area (Å²) in [5.41, 5.74) is 7.59. The number of nitrogen functional groups attached to an aromatic ring is 1. The number of nitrogens with zero attached hydrogens (tertiary/aromatic N) is 1. The first-order valence-corrected chi connectivity index (χ1v) is 6.17. The summed E-state index contributed by atoms with van der Waals surface area (Å²) in [4.78, 5) is 11.8. The van der Waals surface area contributed by atoms with E-state index in [1.807, 2.05) is 0 Å². The fourth-order valence-electron chi connectivity index (χ4n) is 1.66. The summed E-state index contributed by atoms with van der Waals surface area (Å²) in [6.07, 6.45) is 1.58. The maximum atomic E-state index is 13.2. The molecule has 0 aliphatic carbocycles. The minimum atomic E-state index is -0.332. The monoisotopic (exact) mass is 310 g/mol. The highest BCUT2D eigenvalue weighted by molar-refractivity contribution is 9.10. The lowest BCUT2D eigenvalue weighted by atomic mass is 10.2. The molecule has 18 heavy (non-hydrogen) atoms. The topological polar surface area (TPSA) is 48.0 Å². The average Bonchev–Trinajstić information content (AvgIpc) is 2.30. The fourth-order valence-corrected chi connectivity index (χ4v) is 2.03. The van der Waals surface area contributed by atoms with E-state index in [-0.39, 0.29) is 17.9 Å². The van der Waals surface area contributed by atoms with Crippen molar-refractivity contribution in [2.75, 3.05) is 5.73 Å².